The molecule has 0 radical (unpaired) electrons. The molecule has 1 saturated heterocycles. The SMILES string of the molecule is Cc1ccc(N2CC(C)(C)CNC(C)C2=O)cc1C. The van der Waals surface area contributed by atoms with Crippen LogP contribution in [0.1, 0.15) is 31.9 Å². The zero-order valence-electron chi connectivity index (χ0n) is 12.6. The molecule has 1 heterocycles. The first-order valence-electron chi connectivity index (χ1n) is 6.92. The Kier molecular flexibility index (Phi) is 3.68. The zero-order chi connectivity index (χ0) is 14.2. The first kappa shape index (κ1) is 14.1. The van der Waals surface area contributed by atoms with E-state index in [9.17, 15) is 4.79 Å². The van der Waals surface area contributed by atoms with Crippen molar-refractivity contribution in [1.82, 2.24) is 5.32 Å². The summed E-state index contributed by atoms with van der Waals surface area (Å²) in [6, 6.07) is 6.13. The number of hydrogen-bond acceptors (Lipinski definition) is 2. The summed E-state index contributed by atoms with van der Waals surface area (Å²) in [5, 5.41) is 3.32. The van der Waals surface area contributed by atoms with Crippen LogP contribution in [0.5, 0.6) is 0 Å². The van der Waals surface area contributed by atoms with Gasteiger partial charge in [-0.1, -0.05) is 19.9 Å². The van der Waals surface area contributed by atoms with Crippen LogP contribution < -0.4 is 10.2 Å². The summed E-state index contributed by atoms with van der Waals surface area (Å²) in [5.41, 5.74) is 3.58. The van der Waals surface area contributed by atoms with Crippen molar-refractivity contribution in [3.05, 3.63) is 29.3 Å². The first-order valence-corrected chi connectivity index (χ1v) is 6.92. The number of amides is 1. The van der Waals surface area contributed by atoms with E-state index in [1.807, 2.05) is 17.9 Å². The van der Waals surface area contributed by atoms with E-state index in [-0.39, 0.29) is 17.4 Å². The van der Waals surface area contributed by atoms with E-state index in [1.54, 1.807) is 0 Å². The van der Waals surface area contributed by atoms with Crippen molar-refractivity contribution in [2.24, 2.45) is 5.41 Å². The summed E-state index contributed by atoms with van der Waals surface area (Å²) in [7, 11) is 0. The molecule has 3 nitrogen and oxygen atoms in total. The van der Waals surface area contributed by atoms with Crippen molar-refractivity contribution in [3.63, 3.8) is 0 Å². The Morgan fingerprint density at radius 1 is 1.26 bits per heavy atom. The van der Waals surface area contributed by atoms with E-state index in [4.69, 9.17) is 0 Å². The molecular weight excluding hydrogens is 236 g/mol. The molecule has 0 bridgehead atoms. The highest BCUT2D eigenvalue weighted by Crippen LogP contribution is 2.26. The van der Waals surface area contributed by atoms with Crippen molar-refractivity contribution >= 4 is 11.6 Å². The summed E-state index contributed by atoms with van der Waals surface area (Å²) < 4.78 is 0. The molecule has 1 aliphatic rings. The molecular formula is C16H24N2O. The molecule has 1 N–H and O–H groups in total. The number of nitrogens with zero attached hydrogens (tertiary/aromatic N) is 1. The minimum atomic E-state index is -0.122. The Morgan fingerprint density at radius 3 is 2.58 bits per heavy atom. The predicted molar refractivity (Wildman–Crippen MR) is 79.5 cm³/mol. The smallest absolute Gasteiger partial charge is 0.243 e. The number of hydrogen-bond donors (Lipinski definition) is 1. The lowest BCUT2D eigenvalue weighted by atomic mass is 9.93. The van der Waals surface area contributed by atoms with Crippen molar-refractivity contribution in [2.75, 3.05) is 18.0 Å². The highest BCUT2D eigenvalue weighted by Gasteiger charge is 2.33. The van der Waals surface area contributed by atoms with Crippen LogP contribution >= 0.6 is 0 Å². The molecule has 1 atom stereocenters. The third-order valence-electron chi connectivity index (χ3n) is 3.91. The summed E-state index contributed by atoms with van der Waals surface area (Å²) >= 11 is 0. The van der Waals surface area contributed by atoms with Crippen LogP contribution in [0.2, 0.25) is 0 Å². The summed E-state index contributed by atoms with van der Waals surface area (Å²) in [6.45, 7) is 12.1. The monoisotopic (exact) mass is 260 g/mol. The van der Waals surface area contributed by atoms with Gasteiger partial charge in [-0.05, 0) is 49.4 Å². The Hall–Kier alpha value is -1.35. The van der Waals surface area contributed by atoms with Crippen molar-refractivity contribution in [3.8, 4) is 0 Å². The number of carbonyl (C=O) groups excluding carboxylic acids is 1. The Morgan fingerprint density at radius 2 is 1.95 bits per heavy atom. The fourth-order valence-corrected chi connectivity index (χ4v) is 2.42. The van der Waals surface area contributed by atoms with E-state index < -0.39 is 0 Å². The van der Waals surface area contributed by atoms with Gasteiger partial charge in [-0.3, -0.25) is 4.79 Å². The Bertz CT molecular complexity index is 494. The molecule has 0 spiro atoms. The van der Waals surface area contributed by atoms with E-state index in [0.29, 0.717) is 0 Å². The van der Waals surface area contributed by atoms with Gasteiger partial charge in [-0.2, -0.15) is 0 Å². The maximum Gasteiger partial charge on any atom is 0.243 e. The van der Waals surface area contributed by atoms with Gasteiger partial charge in [0.25, 0.3) is 0 Å². The highest BCUT2D eigenvalue weighted by molar-refractivity contribution is 5.97. The van der Waals surface area contributed by atoms with Gasteiger partial charge in [0.1, 0.15) is 0 Å². The molecule has 1 aliphatic heterocycles. The van der Waals surface area contributed by atoms with Crippen LogP contribution in [0.3, 0.4) is 0 Å². The number of benzene rings is 1. The molecule has 0 aromatic heterocycles. The van der Waals surface area contributed by atoms with Gasteiger partial charge < -0.3 is 10.2 Å². The van der Waals surface area contributed by atoms with Crippen LogP contribution in [0.4, 0.5) is 5.69 Å². The Labute approximate surface area is 116 Å². The predicted octanol–water partition coefficient (Wildman–Crippen LogP) is 2.65. The fraction of sp³-hybridized carbons (Fsp3) is 0.562. The van der Waals surface area contributed by atoms with Crippen LogP contribution in [0.25, 0.3) is 0 Å². The molecule has 0 aliphatic carbocycles. The van der Waals surface area contributed by atoms with Gasteiger partial charge in [-0.15, -0.1) is 0 Å². The largest absolute Gasteiger partial charge is 0.310 e. The number of rotatable bonds is 1. The van der Waals surface area contributed by atoms with E-state index in [1.165, 1.54) is 11.1 Å². The highest BCUT2D eigenvalue weighted by atomic mass is 16.2. The van der Waals surface area contributed by atoms with Gasteiger partial charge in [0.05, 0.1) is 6.04 Å². The summed E-state index contributed by atoms with van der Waals surface area (Å²) in [6.07, 6.45) is 0. The molecule has 104 valence electrons. The molecule has 3 heteroatoms. The zero-order valence-corrected chi connectivity index (χ0v) is 12.6. The average Bonchev–Trinajstić information content (AvgIpc) is 2.45. The van der Waals surface area contributed by atoms with Crippen molar-refractivity contribution in [2.45, 2.75) is 40.7 Å². The normalized spacial score (nSPS) is 23.3. The second-order valence-electron chi connectivity index (χ2n) is 6.46. The van der Waals surface area contributed by atoms with E-state index in [0.717, 1.165) is 18.8 Å². The lowest BCUT2D eigenvalue weighted by Gasteiger charge is -2.29. The molecule has 1 unspecified atom stereocenters. The van der Waals surface area contributed by atoms with Gasteiger partial charge in [0, 0.05) is 18.8 Å². The molecule has 1 fully saturated rings. The lowest BCUT2D eigenvalue weighted by molar-refractivity contribution is -0.119. The van der Waals surface area contributed by atoms with Crippen LogP contribution in [-0.4, -0.2) is 25.0 Å². The third kappa shape index (κ3) is 2.98. The van der Waals surface area contributed by atoms with Gasteiger partial charge in [-0.25, -0.2) is 0 Å². The molecule has 2 rings (SSSR count). The van der Waals surface area contributed by atoms with Gasteiger partial charge in [0.2, 0.25) is 5.91 Å². The van der Waals surface area contributed by atoms with Crippen LogP contribution in [0.15, 0.2) is 18.2 Å². The van der Waals surface area contributed by atoms with Crippen molar-refractivity contribution in [1.29, 1.82) is 0 Å². The van der Waals surface area contributed by atoms with Crippen molar-refractivity contribution < 1.29 is 4.79 Å². The van der Waals surface area contributed by atoms with E-state index in [2.05, 4.69) is 45.1 Å². The number of carbonyl (C=O) groups is 1. The third-order valence-corrected chi connectivity index (χ3v) is 3.91. The van der Waals surface area contributed by atoms with Gasteiger partial charge >= 0.3 is 0 Å². The maximum absolute atomic E-state index is 12.5. The number of nitrogens with one attached hydrogen (secondary N) is 1. The Balaban J connectivity index is 2.38. The fourth-order valence-electron chi connectivity index (χ4n) is 2.42. The topological polar surface area (TPSA) is 32.3 Å². The van der Waals surface area contributed by atoms with Crippen LogP contribution in [0, 0.1) is 19.3 Å². The number of aryl methyl sites for hydroxylation is 2. The second-order valence-corrected chi connectivity index (χ2v) is 6.46. The molecule has 0 saturated carbocycles. The maximum atomic E-state index is 12.5. The first-order chi connectivity index (χ1) is 8.80. The number of anilines is 1. The van der Waals surface area contributed by atoms with E-state index >= 15 is 0 Å². The molecule has 1 aromatic carbocycles. The van der Waals surface area contributed by atoms with Gasteiger partial charge in [0.15, 0.2) is 0 Å². The standard InChI is InChI=1S/C16H24N2O/c1-11-6-7-14(8-12(11)2)18-10-16(4,5)9-17-13(3)15(18)19/h6-8,13,17H,9-10H2,1-5H3. The van der Waals surface area contributed by atoms with Crippen LogP contribution in [-0.2, 0) is 4.79 Å². The quantitative estimate of drug-likeness (QED) is 0.842. The molecule has 19 heavy (non-hydrogen) atoms. The second kappa shape index (κ2) is 4.97. The summed E-state index contributed by atoms with van der Waals surface area (Å²) in [5.74, 6) is 0.161. The minimum Gasteiger partial charge on any atom is -0.310 e. The summed E-state index contributed by atoms with van der Waals surface area (Å²) in [4.78, 5) is 14.4. The minimum absolute atomic E-state index is 0.0826. The molecule has 1 amide bonds. The molecule has 1 aromatic rings. The average molecular weight is 260 g/mol. The lowest BCUT2D eigenvalue weighted by Crippen LogP contribution is -2.42.